The molecule has 0 aliphatic carbocycles. The Bertz CT molecular complexity index is 407. The molecule has 0 bridgehead atoms. The summed E-state index contributed by atoms with van der Waals surface area (Å²) < 4.78 is 5.57. The summed E-state index contributed by atoms with van der Waals surface area (Å²) in [5.74, 6) is 0.821. The molecule has 2 amide bonds. The van der Waals surface area contributed by atoms with Crippen LogP contribution in [0.15, 0.2) is 24.3 Å². The average Bonchev–Trinajstić information content (AvgIpc) is 2.39. The van der Waals surface area contributed by atoms with Crippen LogP contribution in [0.2, 0.25) is 0 Å². The fraction of sp³-hybridized carbons (Fsp3) is 0.533. The Kier molecular flexibility index (Phi) is 6.19. The van der Waals surface area contributed by atoms with Crippen LogP contribution < -0.4 is 15.4 Å². The van der Waals surface area contributed by atoms with E-state index in [9.17, 15) is 4.79 Å². The molecule has 0 radical (unpaired) electrons. The van der Waals surface area contributed by atoms with Gasteiger partial charge in [-0.1, -0.05) is 25.1 Å². The molecule has 0 aromatic heterocycles. The van der Waals surface area contributed by atoms with Crippen molar-refractivity contribution in [3.8, 4) is 5.75 Å². The first-order valence-corrected chi connectivity index (χ1v) is 6.87. The Hall–Kier alpha value is -1.71. The zero-order chi connectivity index (χ0) is 14.3. The smallest absolute Gasteiger partial charge is 0.315 e. The van der Waals surface area contributed by atoms with E-state index in [1.165, 1.54) is 0 Å². The molecule has 0 fully saturated rings. The first-order chi connectivity index (χ1) is 9.08. The van der Waals surface area contributed by atoms with Crippen molar-refractivity contribution in [2.24, 2.45) is 0 Å². The van der Waals surface area contributed by atoms with E-state index in [1.54, 1.807) is 0 Å². The Balaban J connectivity index is 2.67. The SMILES string of the molecule is CCOc1ccccc1C(C)NC(=O)NC(C)CC. The molecule has 0 aliphatic rings. The highest BCUT2D eigenvalue weighted by atomic mass is 16.5. The van der Waals surface area contributed by atoms with Gasteiger partial charge in [-0.2, -0.15) is 0 Å². The normalized spacial score (nSPS) is 13.5. The van der Waals surface area contributed by atoms with Crippen LogP contribution in [0.5, 0.6) is 5.75 Å². The second-order valence-corrected chi connectivity index (χ2v) is 4.62. The van der Waals surface area contributed by atoms with E-state index in [0.717, 1.165) is 17.7 Å². The van der Waals surface area contributed by atoms with E-state index in [4.69, 9.17) is 4.74 Å². The van der Waals surface area contributed by atoms with Crippen LogP contribution >= 0.6 is 0 Å². The molecule has 0 saturated heterocycles. The predicted octanol–water partition coefficient (Wildman–Crippen LogP) is 3.24. The first kappa shape index (κ1) is 15.3. The van der Waals surface area contributed by atoms with Crippen LogP contribution in [0.4, 0.5) is 4.79 Å². The summed E-state index contributed by atoms with van der Waals surface area (Å²) in [4.78, 5) is 11.8. The first-order valence-electron chi connectivity index (χ1n) is 6.87. The lowest BCUT2D eigenvalue weighted by atomic mass is 10.1. The number of carbonyl (C=O) groups excluding carboxylic acids is 1. The fourth-order valence-electron chi connectivity index (χ4n) is 1.77. The molecular formula is C15H24N2O2. The van der Waals surface area contributed by atoms with Gasteiger partial charge in [-0.25, -0.2) is 4.79 Å². The Morgan fingerprint density at radius 1 is 1.21 bits per heavy atom. The molecular weight excluding hydrogens is 240 g/mol. The van der Waals surface area contributed by atoms with Gasteiger partial charge < -0.3 is 15.4 Å². The molecule has 4 nitrogen and oxygen atoms in total. The minimum absolute atomic E-state index is 0.0909. The maximum Gasteiger partial charge on any atom is 0.315 e. The molecule has 2 atom stereocenters. The fourth-order valence-corrected chi connectivity index (χ4v) is 1.77. The number of carbonyl (C=O) groups is 1. The van der Waals surface area contributed by atoms with Crippen LogP contribution in [-0.4, -0.2) is 18.7 Å². The number of hydrogen-bond donors (Lipinski definition) is 2. The van der Waals surface area contributed by atoms with Crippen molar-refractivity contribution in [3.63, 3.8) is 0 Å². The standard InChI is InChI=1S/C15H24N2O2/c1-5-11(3)16-15(18)17-12(4)13-9-7-8-10-14(13)19-6-2/h7-12H,5-6H2,1-4H3,(H2,16,17,18). The average molecular weight is 264 g/mol. The summed E-state index contributed by atoms with van der Waals surface area (Å²) in [5.41, 5.74) is 0.989. The molecule has 106 valence electrons. The highest BCUT2D eigenvalue weighted by Crippen LogP contribution is 2.24. The predicted molar refractivity (Wildman–Crippen MR) is 77.4 cm³/mol. The van der Waals surface area contributed by atoms with E-state index < -0.39 is 0 Å². The lowest BCUT2D eigenvalue weighted by Gasteiger charge is -2.19. The highest BCUT2D eigenvalue weighted by molar-refractivity contribution is 5.74. The summed E-state index contributed by atoms with van der Waals surface area (Å²) in [6, 6.07) is 7.71. The molecule has 4 heteroatoms. The number of benzene rings is 1. The van der Waals surface area contributed by atoms with Crippen molar-refractivity contribution < 1.29 is 9.53 Å². The minimum Gasteiger partial charge on any atom is -0.494 e. The van der Waals surface area contributed by atoms with Crippen molar-refractivity contribution in [1.82, 2.24) is 10.6 Å². The lowest BCUT2D eigenvalue weighted by Crippen LogP contribution is -2.41. The van der Waals surface area contributed by atoms with E-state index in [1.807, 2.05) is 52.0 Å². The third kappa shape index (κ3) is 4.81. The Morgan fingerprint density at radius 2 is 1.89 bits per heavy atom. The lowest BCUT2D eigenvalue weighted by molar-refractivity contribution is 0.234. The van der Waals surface area contributed by atoms with Crippen LogP contribution in [0.1, 0.15) is 45.7 Å². The van der Waals surface area contributed by atoms with Crippen molar-refractivity contribution >= 4 is 6.03 Å². The van der Waals surface area contributed by atoms with Gasteiger partial charge in [-0.3, -0.25) is 0 Å². The molecule has 1 aromatic carbocycles. The molecule has 2 N–H and O–H groups in total. The third-order valence-electron chi connectivity index (χ3n) is 3.02. The van der Waals surface area contributed by atoms with Gasteiger partial charge in [0.25, 0.3) is 0 Å². The van der Waals surface area contributed by atoms with Gasteiger partial charge in [0.2, 0.25) is 0 Å². The monoisotopic (exact) mass is 264 g/mol. The third-order valence-corrected chi connectivity index (χ3v) is 3.02. The molecule has 1 rings (SSSR count). The molecule has 0 saturated carbocycles. The number of nitrogens with one attached hydrogen (secondary N) is 2. The van der Waals surface area contributed by atoms with E-state index >= 15 is 0 Å². The van der Waals surface area contributed by atoms with Crippen molar-refractivity contribution in [3.05, 3.63) is 29.8 Å². The summed E-state index contributed by atoms with van der Waals surface area (Å²) >= 11 is 0. The second kappa shape index (κ2) is 7.67. The number of rotatable bonds is 6. The second-order valence-electron chi connectivity index (χ2n) is 4.62. The number of urea groups is 1. The van der Waals surface area contributed by atoms with Gasteiger partial charge in [-0.15, -0.1) is 0 Å². The van der Waals surface area contributed by atoms with Crippen LogP contribution in [0.25, 0.3) is 0 Å². The summed E-state index contributed by atoms with van der Waals surface area (Å²) in [6.45, 7) is 8.54. The number of amides is 2. The topological polar surface area (TPSA) is 50.4 Å². The Morgan fingerprint density at radius 3 is 2.53 bits per heavy atom. The quantitative estimate of drug-likeness (QED) is 0.828. The minimum atomic E-state index is -0.145. The maximum absolute atomic E-state index is 11.8. The van der Waals surface area contributed by atoms with Gasteiger partial charge in [-0.05, 0) is 33.3 Å². The van der Waals surface area contributed by atoms with E-state index in [2.05, 4.69) is 10.6 Å². The number of hydrogen-bond acceptors (Lipinski definition) is 2. The zero-order valence-electron chi connectivity index (χ0n) is 12.2. The molecule has 0 spiro atoms. The van der Waals surface area contributed by atoms with Crippen molar-refractivity contribution in [2.45, 2.75) is 46.2 Å². The molecule has 2 unspecified atom stereocenters. The van der Waals surface area contributed by atoms with Gasteiger partial charge in [0, 0.05) is 11.6 Å². The van der Waals surface area contributed by atoms with Crippen molar-refractivity contribution in [2.75, 3.05) is 6.61 Å². The zero-order valence-corrected chi connectivity index (χ0v) is 12.2. The van der Waals surface area contributed by atoms with Crippen LogP contribution in [0.3, 0.4) is 0 Å². The van der Waals surface area contributed by atoms with E-state index in [-0.39, 0.29) is 18.1 Å². The number of ether oxygens (including phenoxy) is 1. The highest BCUT2D eigenvalue weighted by Gasteiger charge is 2.14. The van der Waals surface area contributed by atoms with Gasteiger partial charge in [0.1, 0.15) is 5.75 Å². The maximum atomic E-state index is 11.8. The van der Waals surface area contributed by atoms with Crippen LogP contribution in [-0.2, 0) is 0 Å². The van der Waals surface area contributed by atoms with Crippen molar-refractivity contribution in [1.29, 1.82) is 0 Å². The molecule has 1 aromatic rings. The molecule has 19 heavy (non-hydrogen) atoms. The summed E-state index contributed by atoms with van der Waals surface area (Å²) in [6.07, 6.45) is 0.914. The molecule has 0 heterocycles. The summed E-state index contributed by atoms with van der Waals surface area (Å²) in [7, 11) is 0. The van der Waals surface area contributed by atoms with Gasteiger partial charge in [0.05, 0.1) is 12.6 Å². The van der Waals surface area contributed by atoms with Crippen LogP contribution in [0, 0.1) is 0 Å². The number of para-hydroxylation sites is 1. The molecule has 0 aliphatic heterocycles. The summed E-state index contributed by atoms with van der Waals surface area (Å²) in [5, 5.41) is 5.82. The van der Waals surface area contributed by atoms with Gasteiger partial charge >= 0.3 is 6.03 Å². The largest absolute Gasteiger partial charge is 0.494 e. The van der Waals surface area contributed by atoms with E-state index in [0.29, 0.717) is 6.61 Å². The van der Waals surface area contributed by atoms with Gasteiger partial charge in [0.15, 0.2) is 0 Å². The Labute approximate surface area is 115 Å².